The third-order valence-electron chi connectivity index (χ3n) is 1.97. The maximum Gasteiger partial charge on any atom is 0.337 e. The van der Waals surface area contributed by atoms with Crippen LogP contribution in [-0.2, 0) is 0 Å². The number of carboxylic acids is 1. The Bertz CT molecular complexity index is 517. The van der Waals surface area contributed by atoms with Gasteiger partial charge in [-0.1, -0.05) is 0 Å². The monoisotopic (exact) mass is 217 g/mol. The Morgan fingerprint density at radius 3 is 2.62 bits per heavy atom. The molecule has 0 bridgehead atoms. The molecule has 0 radical (unpaired) electrons. The summed E-state index contributed by atoms with van der Waals surface area (Å²) >= 11 is 0. The van der Waals surface area contributed by atoms with Crippen LogP contribution in [-0.4, -0.2) is 31.5 Å². The third-order valence-corrected chi connectivity index (χ3v) is 1.97. The van der Waals surface area contributed by atoms with E-state index in [-0.39, 0.29) is 17.2 Å². The van der Waals surface area contributed by atoms with Gasteiger partial charge in [0.1, 0.15) is 12.0 Å². The lowest BCUT2D eigenvalue weighted by molar-refractivity contribution is 0.0695. The van der Waals surface area contributed by atoms with Gasteiger partial charge in [0.2, 0.25) is 0 Å². The zero-order chi connectivity index (χ0) is 11.5. The number of imidazole rings is 1. The van der Waals surface area contributed by atoms with Gasteiger partial charge in [0.25, 0.3) is 5.91 Å². The summed E-state index contributed by atoms with van der Waals surface area (Å²) in [4.78, 5) is 29.8. The van der Waals surface area contributed by atoms with Crippen LogP contribution >= 0.6 is 0 Å². The zero-order valence-electron chi connectivity index (χ0n) is 8.07. The van der Waals surface area contributed by atoms with Gasteiger partial charge in [-0.15, -0.1) is 0 Å². The smallest absolute Gasteiger partial charge is 0.337 e. The van der Waals surface area contributed by atoms with E-state index in [4.69, 9.17) is 5.11 Å². The van der Waals surface area contributed by atoms with E-state index in [2.05, 4.69) is 9.97 Å². The first kappa shape index (κ1) is 10.0. The fourth-order valence-electron chi connectivity index (χ4n) is 1.16. The van der Waals surface area contributed by atoms with Crippen LogP contribution in [0.4, 0.5) is 0 Å². The number of hydrogen-bond donors (Lipinski definition) is 1. The van der Waals surface area contributed by atoms with E-state index in [1.165, 1.54) is 35.4 Å². The molecule has 0 aliphatic rings. The Hall–Kier alpha value is -2.50. The third kappa shape index (κ3) is 1.81. The first-order valence-electron chi connectivity index (χ1n) is 4.40. The van der Waals surface area contributed by atoms with Gasteiger partial charge in [-0.2, -0.15) is 0 Å². The quantitative estimate of drug-likeness (QED) is 0.798. The summed E-state index contributed by atoms with van der Waals surface area (Å²) < 4.78 is 1.27. The van der Waals surface area contributed by atoms with Gasteiger partial charge in [-0.3, -0.25) is 14.3 Å². The standard InChI is InChI=1S/C10H7N3O3/c14-9(13-4-3-11-6-13)8-2-1-7(5-12-8)10(15)16/h1-6H,(H,15,16). The minimum Gasteiger partial charge on any atom is -0.478 e. The average Bonchev–Trinajstić information content (AvgIpc) is 2.81. The maximum absolute atomic E-state index is 11.7. The molecular formula is C10H7N3O3. The predicted molar refractivity (Wildman–Crippen MR) is 53.2 cm³/mol. The van der Waals surface area contributed by atoms with E-state index < -0.39 is 5.97 Å². The van der Waals surface area contributed by atoms with Gasteiger partial charge in [0, 0.05) is 18.6 Å². The number of carbonyl (C=O) groups is 2. The van der Waals surface area contributed by atoms with E-state index in [0.29, 0.717) is 0 Å². The van der Waals surface area contributed by atoms with Gasteiger partial charge in [0.15, 0.2) is 0 Å². The molecule has 0 fully saturated rings. The molecule has 2 rings (SSSR count). The number of carbonyl (C=O) groups excluding carboxylic acids is 1. The first-order valence-corrected chi connectivity index (χ1v) is 4.40. The summed E-state index contributed by atoms with van der Waals surface area (Å²) in [6, 6.07) is 2.70. The lowest BCUT2D eigenvalue weighted by Gasteiger charge is -2.00. The lowest BCUT2D eigenvalue weighted by atomic mass is 10.2. The number of aromatic carboxylic acids is 1. The number of rotatable bonds is 2. The fourth-order valence-corrected chi connectivity index (χ4v) is 1.16. The lowest BCUT2D eigenvalue weighted by Crippen LogP contribution is -2.12. The van der Waals surface area contributed by atoms with Crippen LogP contribution in [0.15, 0.2) is 37.1 Å². The summed E-state index contributed by atoms with van der Waals surface area (Å²) in [5, 5.41) is 8.66. The minimum atomic E-state index is -1.07. The molecule has 1 N–H and O–H groups in total. The van der Waals surface area contributed by atoms with Crippen LogP contribution in [0, 0.1) is 0 Å². The molecule has 2 aromatic rings. The summed E-state index contributed by atoms with van der Waals surface area (Å²) in [6.45, 7) is 0. The Morgan fingerprint density at radius 2 is 2.12 bits per heavy atom. The van der Waals surface area contributed by atoms with Gasteiger partial charge >= 0.3 is 5.97 Å². The highest BCUT2D eigenvalue weighted by molar-refractivity contribution is 5.95. The highest BCUT2D eigenvalue weighted by atomic mass is 16.4. The molecule has 16 heavy (non-hydrogen) atoms. The Balaban J connectivity index is 2.29. The van der Waals surface area contributed by atoms with Crippen LogP contribution in [0.3, 0.4) is 0 Å². The molecule has 0 unspecified atom stereocenters. The molecule has 0 aliphatic carbocycles. The topological polar surface area (TPSA) is 85.1 Å². The number of carboxylic acid groups (broad SMARTS) is 1. The second-order valence-electron chi connectivity index (χ2n) is 3.01. The van der Waals surface area contributed by atoms with Crippen molar-refractivity contribution in [2.75, 3.05) is 0 Å². The molecule has 6 heteroatoms. The molecule has 2 aromatic heterocycles. The molecule has 80 valence electrons. The number of hydrogen-bond acceptors (Lipinski definition) is 4. The molecule has 0 saturated heterocycles. The normalized spacial score (nSPS) is 10.0. The summed E-state index contributed by atoms with van der Waals surface area (Å²) in [5.74, 6) is -1.43. The highest BCUT2D eigenvalue weighted by Gasteiger charge is 2.10. The van der Waals surface area contributed by atoms with E-state index in [1.54, 1.807) is 0 Å². The van der Waals surface area contributed by atoms with Crippen molar-refractivity contribution >= 4 is 11.9 Å². The van der Waals surface area contributed by atoms with Crippen molar-refractivity contribution in [1.29, 1.82) is 0 Å². The van der Waals surface area contributed by atoms with Crippen molar-refractivity contribution in [1.82, 2.24) is 14.5 Å². The van der Waals surface area contributed by atoms with Crippen LogP contribution in [0.2, 0.25) is 0 Å². The highest BCUT2D eigenvalue weighted by Crippen LogP contribution is 2.02. The van der Waals surface area contributed by atoms with Gasteiger partial charge < -0.3 is 5.11 Å². The minimum absolute atomic E-state index is 0.0437. The van der Waals surface area contributed by atoms with E-state index in [0.717, 1.165) is 6.20 Å². The molecule has 0 spiro atoms. The molecule has 0 atom stereocenters. The van der Waals surface area contributed by atoms with Gasteiger partial charge in [-0.05, 0) is 12.1 Å². The van der Waals surface area contributed by atoms with E-state index in [1.807, 2.05) is 0 Å². The molecule has 0 saturated carbocycles. The summed E-state index contributed by atoms with van der Waals surface area (Å²) in [7, 11) is 0. The van der Waals surface area contributed by atoms with Crippen molar-refractivity contribution in [3.8, 4) is 0 Å². The van der Waals surface area contributed by atoms with Crippen molar-refractivity contribution in [3.05, 3.63) is 48.3 Å². The second kappa shape index (κ2) is 3.93. The summed E-state index contributed by atoms with van der Waals surface area (Å²) in [6.07, 6.45) is 5.47. The van der Waals surface area contributed by atoms with E-state index >= 15 is 0 Å². The van der Waals surface area contributed by atoms with E-state index in [9.17, 15) is 9.59 Å². The molecule has 0 aromatic carbocycles. The van der Waals surface area contributed by atoms with Crippen molar-refractivity contribution in [2.45, 2.75) is 0 Å². The molecule has 0 aliphatic heterocycles. The van der Waals surface area contributed by atoms with Crippen molar-refractivity contribution in [2.24, 2.45) is 0 Å². The fraction of sp³-hybridized carbons (Fsp3) is 0. The second-order valence-corrected chi connectivity index (χ2v) is 3.01. The number of pyridine rings is 1. The molecule has 6 nitrogen and oxygen atoms in total. The molecule has 0 amide bonds. The molecule has 2 heterocycles. The van der Waals surface area contributed by atoms with Crippen LogP contribution in [0.1, 0.15) is 20.8 Å². The van der Waals surface area contributed by atoms with Crippen LogP contribution in [0.25, 0.3) is 0 Å². The van der Waals surface area contributed by atoms with Crippen molar-refractivity contribution in [3.63, 3.8) is 0 Å². The largest absolute Gasteiger partial charge is 0.478 e. The molecular weight excluding hydrogens is 210 g/mol. The maximum atomic E-state index is 11.7. The predicted octanol–water partition coefficient (Wildman–Crippen LogP) is 0.665. The Kier molecular flexibility index (Phi) is 2.47. The Morgan fingerprint density at radius 1 is 1.31 bits per heavy atom. The summed E-state index contributed by atoms with van der Waals surface area (Å²) in [5.41, 5.74) is 0.213. The van der Waals surface area contributed by atoms with Crippen LogP contribution in [0.5, 0.6) is 0 Å². The van der Waals surface area contributed by atoms with Gasteiger partial charge in [-0.25, -0.2) is 9.78 Å². The van der Waals surface area contributed by atoms with Crippen molar-refractivity contribution < 1.29 is 14.7 Å². The van der Waals surface area contributed by atoms with Crippen LogP contribution < -0.4 is 0 Å². The zero-order valence-corrected chi connectivity index (χ0v) is 8.07. The number of nitrogens with zero attached hydrogens (tertiary/aromatic N) is 3. The Labute approximate surface area is 90.2 Å². The number of aromatic nitrogens is 3. The first-order chi connectivity index (χ1) is 7.68. The SMILES string of the molecule is O=C(O)c1ccc(C(=O)n2ccnc2)nc1. The average molecular weight is 217 g/mol. The van der Waals surface area contributed by atoms with Gasteiger partial charge in [0.05, 0.1) is 5.56 Å².